The van der Waals surface area contributed by atoms with E-state index in [0.717, 1.165) is 11.1 Å². The summed E-state index contributed by atoms with van der Waals surface area (Å²) in [5.41, 5.74) is 3.02. The van der Waals surface area contributed by atoms with Crippen LogP contribution in [0, 0.1) is 13.8 Å². The Kier molecular flexibility index (Phi) is 7.77. The van der Waals surface area contributed by atoms with Crippen LogP contribution < -0.4 is 15.4 Å². The van der Waals surface area contributed by atoms with Crippen molar-refractivity contribution in [1.29, 1.82) is 0 Å². The number of carbonyl (C=O) groups excluding carboxylic acids is 3. The zero-order chi connectivity index (χ0) is 21.4. The number of carbonyl (C=O) groups is 3. The number of hydrogen-bond donors (Lipinski definition) is 2. The first-order valence-electron chi connectivity index (χ1n) is 9.33. The Hall–Kier alpha value is -3.35. The quantitative estimate of drug-likeness (QED) is 0.667. The minimum atomic E-state index is -0.629. The average Bonchev–Trinajstić information content (AvgIpc) is 2.68. The van der Waals surface area contributed by atoms with Gasteiger partial charge in [-0.3, -0.25) is 9.59 Å². The lowest BCUT2D eigenvalue weighted by molar-refractivity contribution is -0.126. The average molecular weight is 398 g/mol. The maximum Gasteiger partial charge on any atom is 0.338 e. The van der Waals surface area contributed by atoms with Gasteiger partial charge in [0.15, 0.2) is 6.61 Å². The molecule has 0 aliphatic carbocycles. The fourth-order valence-electron chi connectivity index (χ4n) is 2.47. The molecule has 0 fully saturated rings. The van der Waals surface area contributed by atoms with Gasteiger partial charge >= 0.3 is 5.97 Å². The summed E-state index contributed by atoms with van der Waals surface area (Å²) in [4.78, 5) is 35.9. The molecule has 2 rings (SSSR count). The van der Waals surface area contributed by atoms with E-state index in [4.69, 9.17) is 9.47 Å². The first kappa shape index (κ1) is 21.9. The molecule has 0 radical (unpaired) electrons. The molecule has 7 heteroatoms. The van der Waals surface area contributed by atoms with Crippen molar-refractivity contribution in [1.82, 2.24) is 5.32 Å². The highest BCUT2D eigenvalue weighted by atomic mass is 16.5. The van der Waals surface area contributed by atoms with Crippen LogP contribution in [0.1, 0.15) is 35.3 Å². The Morgan fingerprint density at radius 1 is 0.966 bits per heavy atom. The van der Waals surface area contributed by atoms with E-state index < -0.39 is 18.5 Å². The number of esters is 1. The molecule has 0 aliphatic heterocycles. The summed E-state index contributed by atoms with van der Waals surface area (Å²) in [6.45, 7) is 6.98. The smallest absolute Gasteiger partial charge is 0.338 e. The first-order chi connectivity index (χ1) is 13.8. The molecule has 0 saturated heterocycles. The summed E-state index contributed by atoms with van der Waals surface area (Å²) < 4.78 is 10.5. The highest BCUT2D eigenvalue weighted by Crippen LogP contribution is 2.17. The van der Waals surface area contributed by atoms with Crippen molar-refractivity contribution in [3.63, 3.8) is 0 Å². The lowest BCUT2D eigenvalue weighted by atomic mass is 10.1. The molecular weight excluding hydrogens is 372 g/mol. The standard InChI is InChI=1S/C22H26N2O5/c1-14(2)29-18-10-8-17(9-11-18)22(27)28-13-21(26)23-12-20(25)24-19-7-5-6-15(3)16(19)4/h5-11,14H,12-13H2,1-4H3,(H,23,26)(H,24,25). The van der Waals surface area contributed by atoms with Gasteiger partial charge in [-0.15, -0.1) is 0 Å². The summed E-state index contributed by atoms with van der Waals surface area (Å²) in [6, 6.07) is 12.0. The lowest BCUT2D eigenvalue weighted by Crippen LogP contribution is -2.35. The molecule has 0 unspecified atom stereocenters. The zero-order valence-electron chi connectivity index (χ0n) is 17.1. The van der Waals surface area contributed by atoms with Gasteiger partial charge in [0.25, 0.3) is 5.91 Å². The highest BCUT2D eigenvalue weighted by Gasteiger charge is 2.12. The monoisotopic (exact) mass is 398 g/mol. The molecule has 2 aromatic rings. The number of amides is 2. The van der Waals surface area contributed by atoms with Gasteiger partial charge in [-0.2, -0.15) is 0 Å². The van der Waals surface area contributed by atoms with Crippen LogP contribution in [0.4, 0.5) is 5.69 Å². The Bertz CT molecular complexity index is 875. The Labute approximate surface area is 170 Å². The van der Waals surface area contributed by atoms with Crippen LogP contribution in [-0.2, 0) is 14.3 Å². The molecule has 154 valence electrons. The maximum absolute atomic E-state index is 12.0. The van der Waals surface area contributed by atoms with Crippen LogP contribution in [0.3, 0.4) is 0 Å². The molecule has 0 spiro atoms. The van der Waals surface area contributed by atoms with E-state index in [1.54, 1.807) is 30.3 Å². The first-order valence-corrected chi connectivity index (χ1v) is 9.33. The summed E-state index contributed by atoms with van der Waals surface area (Å²) in [5, 5.41) is 5.17. The predicted octanol–water partition coefficient (Wildman–Crippen LogP) is 3.00. The fraction of sp³-hybridized carbons (Fsp3) is 0.318. The molecule has 0 heterocycles. The van der Waals surface area contributed by atoms with Crippen molar-refractivity contribution < 1.29 is 23.9 Å². The number of anilines is 1. The van der Waals surface area contributed by atoms with E-state index in [0.29, 0.717) is 17.0 Å². The SMILES string of the molecule is Cc1cccc(NC(=O)CNC(=O)COC(=O)c2ccc(OC(C)C)cc2)c1C. The van der Waals surface area contributed by atoms with E-state index in [9.17, 15) is 14.4 Å². The summed E-state index contributed by atoms with van der Waals surface area (Å²) in [7, 11) is 0. The third-order valence-corrected chi connectivity index (χ3v) is 4.12. The number of benzene rings is 2. The second-order valence-corrected chi connectivity index (χ2v) is 6.84. The molecule has 2 N–H and O–H groups in total. The Morgan fingerprint density at radius 2 is 1.66 bits per heavy atom. The van der Waals surface area contributed by atoms with Gasteiger partial charge in [0.2, 0.25) is 5.91 Å². The molecular formula is C22H26N2O5. The van der Waals surface area contributed by atoms with Gasteiger partial charge in [-0.05, 0) is 69.2 Å². The largest absolute Gasteiger partial charge is 0.491 e. The molecule has 0 aliphatic rings. The molecule has 2 aromatic carbocycles. The van der Waals surface area contributed by atoms with Crippen LogP contribution in [0.2, 0.25) is 0 Å². The van der Waals surface area contributed by atoms with E-state index in [1.807, 2.05) is 39.8 Å². The van der Waals surface area contributed by atoms with Crippen molar-refractivity contribution in [2.24, 2.45) is 0 Å². The normalized spacial score (nSPS) is 10.4. The van der Waals surface area contributed by atoms with Crippen LogP contribution in [-0.4, -0.2) is 37.0 Å². The number of nitrogens with one attached hydrogen (secondary N) is 2. The second kappa shape index (κ2) is 10.3. The summed E-state index contributed by atoms with van der Waals surface area (Å²) in [5.74, 6) is -0.909. The lowest BCUT2D eigenvalue weighted by Gasteiger charge is -2.11. The van der Waals surface area contributed by atoms with E-state index in [-0.39, 0.29) is 18.6 Å². The highest BCUT2D eigenvalue weighted by molar-refractivity contribution is 5.96. The van der Waals surface area contributed by atoms with Crippen molar-refractivity contribution in [2.75, 3.05) is 18.5 Å². The molecule has 7 nitrogen and oxygen atoms in total. The number of hydrogen-bond acceptors (Lipinski definition) is 5. The van der Waals surface area contributed by atoms with E-state index >= 15 is 0 Å². The van der Waals surface area contributed by atoms with Gasteiger partial charge in [0, 0.05) is 5.69 Å². The molecule has 0 aromatic heterocycles. The van der Waals surface area contributed by atoms with Gasteiger partial charge in [0.05, 0.1) is 18.2 Å². The minimum Gasteiger partial charge on any atom is -0.491 e. The molecule has 29 heavy (non-hydrogen) atoms. The fourth-order valence-corrected chi connectivity index (χ4v) is 2.47. The third kappa shape index (κ3) is 6.95. The van der Waals surface area contributed by atoms with Crippen molar-refractivity contribution in [3.05, 3.63) is 59.2 Å². The summed E-state index contributed by atoms with van der Waals surface area (Å²) in [6.07, 6.45) is 0.0310. The number of rotatable bonds is 8. The molecule has 0 atom stereocenters. The van der Waals surface area contributed by atoms with Gasteiger partial charge in [-0.1, -0.05) is 12.1 Å². The molecule has 0 bridgehead atoms. The molecule has 0 saturated carbocycles. The maximum atomic E-state index is 12.0. The Morgan fingerprint density at radius 3 is 2.31 bits per heavy atom. The van der Waals surface area contributed by atoms with Crippen molar-refractivity contribution >= 4 is 23.5 Å². The van der Waals surface area contributed by atoms with Crippen LogP contribution in [0.15, 0.2) is 42.5 Å². The van der Waals surface area contributed by atoms with Crippen molar-refractivity contribution in [3.8, 4) is 5.75 Å². The second-order valence-electron chi connectivity index (χ2n) is 6.84. The van der Waals surface area contributed by atoms with Crippen molar-refractivity contribution in [2.45, 2.75) is 33.8 Å². The van der Waals surface area contributed by atoms with Gasteiger partial charge < -0.3 is 20.1 Å². The number of aryl methyl sites for hydroxylation is 1. The van der Waals surface area contributed by atoms with Crippen LogP contribution >= 0.6 is 0 Å². The zero-order valence-corrected chi connectivity index (χ0v) is 17.1. The molecule has 2 amide bonds. The van der Waals surface area contributed by atoms with E-state index in [1.165, 1.54) is 0 Å². The van der Waals surface area contributed by atoms with Crippen LogP contribution in [0.25, 0.3) is 0 Å². The number of ether oxygens (including phenoxy) is 2. The van der Waals surface area contributed by atoms with Gasteiger partial charge in [0.1, 0.15) is 5.75 Å². The minimum absolute atomic E-state index is 0.0310. The third-order valence-electron chi connectivity index (χ3n) is 4.12. The Balaban J connectivity index is 1.75. The summed E-state index contributed by atoms with van der Waals surface area (Å²) >= 11 is 0. The van der Waals surface area contributed by atoms with Crippen LogP contribution in [0.5, 0.6) is 5.75 Å². The predicted molar refractivity (Wildman–Crippen MR) is 110 cm³/mol. The topological polar surface area (TPSA) is 93.7 Å². The van der Waals surface area contributed by atoms with E-state index in [2.05, 4.69) is 10.6 Å². The van der Waals surface area contributed by atoms with Gasteiger partial charge in [-0.25, -0.2) is 4.79 Å².